The smallest absolute Gasteiger partial charge is 0.122 e. The average molecular weight is 358 g/mol. The number of hydrogen-bond donors (Lipinski definition) is 1. The van der Waals surface area contributed by atoms with E-state index in [4.69, 9.17) is 9.47 Å². The van der Waals surface area contributed by atoms with Crippen molar-refractivity contribution in [1.29, 1.82) is 0 Å². The summed E-state index contributed by atoms with van der Waals surface area (Å²) in [6.07, 6.45) is 2.18. The first-order valence-electron chi connectivity index (χ1n) is 7.62. The van der Waals surface area contributed by atoms with Crippen LogP contribution in [-0.4, -0.2) is 32.9 Å². The van der Waals surface area contributed by atoms with Crippen LogP contribution in [0, 0.1) is 5.92 Å². The second-order valence-corrected chi connectivity index (χ2v) is 6.58. The van der Waals surface area contributed by atoms with Gasteiger partial charge in [-0.2, -0.15) is 0 Å². The lowest BCUT2D eigenvalue weighted by molar-refractivity contribution is 0.0331. The minimum absolute atomic E-state index is 0.181. The summed E-state index contributed by atoms with van der Waals surface area (Å²) in [5, 5.41) is 3.63. The molecule has 0 bridgehead atoms. The average Bonchev–Trinajstić information content (AvgIpc) is 2.45. The van der Waals surface area contributed by atoms with Crippen molar-refractivity contribution >= 4 is 15.9 Å². The van der Waals surface area contributed by atoms with Crippen molar-refractivity contribution in [3.05, 3.63) is 28.2 Å². The second kappa shape index (κ2) is 9.44. The van der Waals surface area contributed by atoms with E-state index in [1.807, 2.05) is 12.1 Å². The Bertz CT molecular complexity index is 423. The van der Waals surface area contributed by atoms with Crippen LogP contribution in [0.15, 0.2) is 22.7 Å². The highest BCUT2D eigenvalue weighted by atomic mass is 79.9. The summed E-state index contributed by atoms with van der Waals surface area (Å²) in [5.74, 6) is 1.39. The van der Waals surface area contributed by atoms with Crippen LogP contribution in [0.2, 0.25) is 0 Å². The molecule has 0 aromatic heterocycles. The molecule has 1 rings (SSSR count). The molecule has 1 aromatic carbocycles. The highest BCUT2D eigenvalue weighted by Crippen LogP contribution is 2.26. The molecule has 1 N–H and O–H groups in total. The van der Waals surface area contributed by atoms with Gasteiger partial charge >= 0.3 is 0 Å². The minimum Gasteiger partial charge on any atom is -0.496 e. The van der Waals surface area contributed by atoms with E-state index in [1.165, 1.54) is 5.56 Å². The first-order valence-corrected chi connectivity index (χ1v) is 8.41. The largest absolute Gasteiger partial charge is 0.496 e. The predicted molar refractivity (Wildman–Crippen MR) is 92.1 cm³/mol. The van der Waals surface area contributed by atoms with E-state index >= 15 is 0 Å². The fraction of sp³-hybridized carbons (Fsp3) is 0.647. The van der Waals surface area contributed by atoms with E-state index in [0.717, 1.165) is 29.6 Å². The van der Waals surface area contributed by atoms with Gasteiger partial charge in [-0.25, -0.2) is 0 Å². The monoisotopic (exact) mass is 357 g/mol. The Morgan fingerprint density at radius 1 is 1.24 bits per heavy atom. The molecule has 0 radical (unpaired) electrons. The van der Waals surface area contributed by atoms with Gasteiger partial charge in [-0.3, -0.25) is 0 Å². The second-order valence-electron chi connectivity index (χ2n) is 5.67. The van der Waals surface area contributed by atoms with Gasteiger partial charge in [0.05, 0.1) is 13.2 Å². The van der Waals surface area contributed by atoms with E-state index in [1.54, 1.807) is 14.2 Å². The quantitative estimate of drug-likeness (QED) is 0.723. The molecule has 0 saturated heterocycles. The molecule has 0 fully saturated rings. The first kappa shape index (κ1) is 18.5. The summed E-state index contributed by atoms with van der Waals surface area (Å²) in [6, 6.07) is 6.42. The molecular formula is C17H28BrNO2. The van der Waals surface area contributed by atoms with Gasteiger partial charge in [0, 0.05) is 17.6 Å². The maximum absolute atomic E-state index is 5.73. The number of hydrogen-bond acceptors (Lipinski definition) is 3. The molecule has 120 valence electrons. The van der Waals surface area contributed by atoms with E-state index < -0.39 is 0 Å². The van der Waals surface area contributed by atoms with Crippen LogP contribution in [-0.2, 0) is 11.2 Å². The molecule has 0 aliphatic rings. The van der Waals surface area contributed by atoms with Gasteiger partial charge in [-0.05, 0) is 49.1 Å². The predicted octanol–water partition coefficient (Wildman–Crippen LogP) is 4.04. The molecule has 0 saturated carbocycles. The topological polar surface area (TPSA) is 30.5 Å². The summed E-state index contributed by atoms with van der Waals surface area (Å²) >= 11 is 3.54. The molecular weight excluding hydrogens is 330 g/mol. The van der Waals surface area contributed by atoms with Crippen molar-refractivity contribution in [1.82, 2.24) is 5.32 Å². The van der Waals surface area contributed by atoms with Crippen molar-refractivity contribution in [3.63, 3.8) is 0 Å². The number of halogens is 1. The van der Waals surface area contributed by atoms with E-state index in [0.29, 0.717) is 5.92 Å². The molecule has 0 aliphatic heterocycles. The highest BCUT2D eigenvalue weighted by molar-refractivity contribution is 9.10. The van der Waals surface area contributed by atoms with Crippen LogP contribution in [0.4, 0.5) is 0 Å². The maximum Gasteiger partial charge on any atom is 0.122 e. The minimum atomic E-state index is 0.181. The van der Waals surface area contributed by atoms with Crippen molar-refractivity contribution in [2.75, 3.05) is 20.8 Å². The fourth-order valence-corrected chi connectivity index (χ4v) is 3.09. The third kappa shape index (κ3) is 5.61. The first-order chi connectivity index (χ1) is 10.0. The molecule has 4 heteroatoms. The molecule has 0 heterocycles. The normalized spacial score (nSPS) is 14.2. The van der Waals surface area contributed by atoms with Crippen LogP contribution in [0.25, 0.3) is 0 Å². The van der Waals surface area contributed by atoms with Crippen LogP contribution >= 0.6 is 15.9 Å². The molecule has 21 heavy (non-hydrogen) atoms. The van der Waals surface area contributed by atoms with Gasteiger partial charge in [0.2, 0.25) is 0 Å². The Kier molecular flexibility index (Phi) is 8.30. The number of benzene rings is 1. The molecule has 2 unspecified atom stereocenters. The third-order valence-electron chi connectivity index (χ3n) is 3.66. The number of ether oxygens (including phenoxy) is 2. The molecule has 1 aromatic rings. The highest BCUT2D eigenvalue weighted by Gasteiger charge is 2.25. The van der Waals surface area contributed by atoms with Gasteiger partial charge in [0.15, 0.2) is 0 Å². The Morgan fingerprint density at radius 3 is 2.48 bits per heavy atom. The summed E-state index contributed by atoms with van der Waals surface area (Å²) in [4.78, 5) is 0. The summed E-state index contributed by atoms with van der Waals surface area (Å²) in [5.41, 5.74) is 1.20. The lowest BCUT2D eigenvalue weighted by atomic mass is 9.93. The molecule has 3 nitrogen and oxygen atoms in total. The van der Waals surface area contributed by atoms with Gasteiger partial charge in [0.25, 0.3) is 0 Å². The number of nitrogens with one attached hydrogen (secondary N) is 1. The molecule has 0 aliphatic carbocycles. The molecule has 0 amide bonds. The van der Waals surface area contributed by atoms with E-state index in [9.17, 15) is 0 Å². The number of methoxy groups -OCH3 is 2. The zero-order chi connectivity index (χ0) is 15.8. The van der Waals surface area contributed by atoms with Gasteiger partial charge in [0.1, 0.15) is 5.75 Å². The van der Waals surface area contributed by atoms with Crippen molar-refractivity contribution in [3.8, 4) is 5.75 Å². The zero-order valence-electron chi connectivity index (χ0n) is 13.8. The number of rotatable bonds is 9. The zero-order valence-corrected chi connectivity index (χ0v) is 15.4. The van der Waals surface area contributed by atoms with E-state index in [-0.39, 0.29) is 12.1 Å². The van der Waals surface area contributed by atoms with Gasteiger partial charge in [-0.15, -0.1) is 0 Å². The maximum atomic E-state index is 5.73. The SMILES string of the molecule is CCCNC(Cc1cc(Br)ccc1OC)C(OC)C(C)C. The Hall–Kier alpha value is -0.580. The molecule has 2 atom stereocenters. The lowest BCUT2D eigenvalue weighted by Gasteiger charge is -2.30. The van der Waals surface area contributed by atoms with Crippen LogP contribution in [0.1, 0.15) is 32.8 Å². The summed E-state index contributed by atoms with van der Waals surface area (Å²) in [7, 11) is 3.51. The van der Waals surface area contributed by atoms with Gasteiger partial charge in [-0.1, -0.05) is 36.7 Å². The van der Waals surface area contributed by atoms with Crippen LogP contribution in [0.3, 0.4) is 0 Å². The Balaban J connectivity index is 2.96. The summed E-state index contributed by atoms with van der Waals surface area (Å²) in [6.45, 7) is 7.58. The van der Waals surface area contributed by atoms with Crippen molar-refractivity contribution < 1.29 is 9.47 Å². The van der Waals surface area contributed by atoms with Crippen molar-refractivity contribution in [2.24, 2.45) is 5.92 Å². The molecule has 0 spiro atoms. The Labute approximate surface area is 137 Å². The van der Waals surface area contributed by atoms with E-state index in [2.05, 4.69) is 48.1 Å². The summed E-state index contributed by atoms with van der Waals surface area (Å²) < 4.78 is 12.3. The standard InChI is InChI=1S/C17H28BrNO2/c1-6-9-19-15(17(21-5)12(2)3)11-13-10-14(18)7-8-16(13)20-4/h7-8,10,12,15,17,19H,6,9,11H2,1-5H3. The van der Waals surface area contributed by atoms with Crippen LogP contribution in [0.5, 0.6) is 5.75 Å². The fourth-order valence-electron chi connectivity index (χ4n) is 2.68. The lowest BCUT2D eigenvalue weighted by Crippen LogP contribution is -2.45. The van der Waals surface area contributed by atoms with Crippen LogP contribution < -0.4 is 10.1 Å². The third-order valence-corrected chi connectivity index (χ3v) is 4.16. The Morgan fingerprint density at radius 2 is 1.95 bits per heavy atom. The van der Waals surface area contributed by atoms with Gasteiger partial charge < -0.3 is 14.8 Å². The van der Waals surface area contributed by atoms with Crippen molar-refractivity contribution in [2.45, 2.75) is 45.8 Å².